The molecule has 3 heteroatoms. The van der Waals surface area contributed by atoms with E-state index in [-0.39, 0.29) is 0 Å². The summed E-state index contributed by atoms with van der Waals surface area (Å²) in [5, 5.41) is 0. The molecule has 1 heterocycles. The Morgan fingerprint density at radius 1 is 1.78 bits per heavy atom. The first kappa shape index (κ1) is 5.83. The van der Waals surface area contributed by atoms with Gasteiger partial charge in [-0.15, -0.1) is 0 Å². The molecule has 0 amide bonds. The van der Waals surface area contributed by atoms with E-state index in [2.05, 4.69) is 9.84 Å². The molecule has 0 atom stereocenters. The zero-order valence-corrected chi connectivity index (χ0v) is 5.18. The molecule has 0 aromatic heterocycles. The molecule has 1 rings (SSSR count). The first-order chi connectivity index (χ1) is 4.25. The highest BCUT2D eigenvalue weighted by molar-refractivity contribution is 6.02. The minimum atomic E-state index is 0.504. The summed E-state index contributed by atoms with van der Waals surface area (Å²) in [4.78, 5) is 7.20. The Labute approximate surface area is 53.7 Å². The zero-order chi connectivity index (χ0) is 6.85. The minimum absolute atomic E-state index is 0.504. The molecule has 2 N–H and O–H groups in total. The lowest BCUT2D eigenvalue weighted by Crippen LogP contribution is -2.00. The summed E-state index contributed by atoms with van der Waals surface area (Å²) in [6.45, 7) is 8.97. The van der Waals surface area contributed by atoms with E-state index in [1.165, 1.54) is 0 Å². The normalized spacial score (nSPS) is 17.6. The smallest absolute Gasteiger partial charge is 0.227 e. The number of aliphatic imine (C=N–C) groups is 1. The van der Waals surface area contributed by atoms with Gasteiger partial charge in [0.2, 0.25) is 5.70 Å². The third-order valence-electron chi connectivity index (χ3n) is 1.25. The van der Waals surface area contributed by atoms with E-state index in [9.17, 15) is 0 Å². The molecule has 46 valence electrons. The quantitative estimate of drug-likeness (QED) is 0.467. The Morgan fingerprint density at radius 3 is 2.67 bits per heavy atom. The molecule has 9 heavy (non-hydrogen) atoms. The van der Waals surface area contributed by atoms with E-state index < -0.39 is 0 Å². The summed E-state index contributed by atoms with van der Waals surface area (Å²) in [6.07, 6.45) is 0. The number of allylic oxidation sites excluding steroid dienone is 1. The molecule has 0 aromatic rings. The number of hydrogen-bond donors (Lipinski definition) is 1. The summed E-state index contributed by atoms with van der Waals surface area (Å²) in [6, 6.07) is 0. The number of nitrogens with zero attached hydrogens (tertiary/aromatic N) is 2. The molecule has 0 unspecified atom stereocenters. The van der Waals surface area contributed by atoms with E-state index in [0.717, 1.165) is 5.71 Å². The van der Waals surface area contributed by atoms with E-state index in [1.807, 2.05) is 0 Å². The van der Waals surface area contributed by atoms with Crippen LogP contribution >= 0.6 is 0 Å². The van der Waals surface area contributed by atoms with Gasteiger partial charge in [0, 0.05) is 11.4 Å². The van der Waals surface area contributed by atoms with Crippen molar-refractivity contribution in [2.45, 2.75) is 6.92 Å². The topological polar surface area (TPSA) is 42.7 Å². The lowest BCUT2D eigenvalue weighted by atomic mass is 10.3. The number of rotatable bonds is 0. The molecule has 0 aromatic carbocycles. The number of hydrogen-bond acceptors (Lipinski definition) is 2. The van der Waals surface area contributed by atoms with E-state index in [4.69, 9.17) is 12.3 Å². The van der Waals surface area contributed by atoms with Gasteiger partial charge in [0.05, 0.1) is 13.1 Å². The Kier molecular flexibility index (Phi) is 1.23. The molecule has 0 bridgehead atoms. The molecule has 0 aliphatic carbocycles. The first-order valence-corrected chi connectivity index (χ1v) is 2.63. The Morgan fingerprint density at radius 2 is 2.44 bits per heavy atom. The highest BCUT2D eigenvalue weighted by Crippen LogP contribution is 2.10. The molecule has 0 saturated heterocycles. The van der Waals surface area contributed by atoms with Crippen molar-refractivity contribution in [2.75, 3.05) is 6.54 Å². The second kappa shape index (κ2) is 1.90. The average Bonchev–Trinajstić information content (AvgIpc) is 2.12. The van der Waals surface area contributed by atoms with Gasteiger partial charge >= 0.3 is 0 Å². The van der Waals surface area contributed by atoms with Crippen molar-refractivity contribution in [2.24, 2.45) is 10.7 Å². The Hall–Kier alpha value is -1.30. The second-order valence-corrected chi connectivity index (χ2v) is 1.89. The fourth-order valence-electron chi connectivity index (χ4n) is 0.739. The predicted octanol–water partition coefficient (Wildman–Crippen LogP) is 0.550. The monoisotopic (exact) mass is 121 g/mol. The largest absolute Gasteiger partial charge is 0.409 e. The third kappa shape index (κ3) is 0.789. The Balaban J connectivity index is 3.01. The number of nitrogens with two attached hydrogens (primary N) is 1. The molecule has 1 aliphatic rings. The van der Waals surface area contributed by atoms with Crippen LogP contribution in [0.5, 0.6) is 0 Å². The van der Waals surface area contributed by atoms with Gasteiger partial charge in [0.25, 0.3) is 0 Å². The van der Waals surface area contributed by atoms with Crippen molar-refractivity contribution in [3.63, 3.8) is 0 Å². The predicted molar refractivity (Wildman–Crippen MR) is 35.8 cm³/mol. The molecule has 0 radical (unpaired) electrons. The van der Waals surface area contributed by atoms with Gasteiger partial charge < -0.3 is 5.73 Å². The highest BCUT2D eigenvalue weighted by atomic mass is 14.9. The second-order valence-electron chi connectivity index (χ2n) is 1.89. The van der Waals surface area contributed by atoms with E-state index >= 15 is 0 Å². The van der Waals surface area contributed by atoms with Crippen molar-refractivity contribution < 1.29 is 0 Å². The zero-order valence-electron chi connectivity index (χ0n) is 5.18. The molecule has 1 aliphatic heterocycles. The fraction of sp³-hybridized carbons (Fsp3) is 0.333. The van der Waals surface area contributed by atoms with Gasteiger partial charge in [-0.1, -0.05) is 0 Å². The lowest BCUT2D eigenvalue weighted by molar-refractivity contribution is 1.14. The minimum Gasteiger partial charge on any atom is -0.409 e. The third-order valence-corrected chi connectivity index (χ3v) is 1.25. The summed E-state index contributed by atoms with van der Waals surface area (Å²) >= 11 is 0. The van der Waals surface area contributed by atoms with Crippen LogP contribution in [-0.4, -0.2) is 12.3 Å². The standard InChI is InChI=1S/C6H7N3/c1-4-6(8-2)5(7)3-9-4/h3,7H2,1H3. The van der Waals surface area contributed by atoms with Gasteiger partial charge in [-0.05, 0) is 6.92 Å². The summed E-state index contributed by atoms with van der Waals surface area (Å²) in [5.41, 5.74) is 7.33. The van der Waals surface area contributed by atoms with Crippen molar-refractivity contribution in [3.8, 4) is 0 Å². The van der Waals surface area contributed by atoms with E-state index in [1.54, 1.807) is 6.92 Å². The van der Waals surface area contributed by atoms with Crippen molar-refractivity contribution in [1.29, 1.82) is 0 Å². The van der Waals surface area contributed by atoms with Crippen molar-refractivity contribution in [3.05, 3.63) is 22.8 Å². The first-order valence-electron chi connectivity index (χ1n) is 2.63. The van der Waals surface area contributed by atoms with Gasteiger partial charge in [-0.25, -0.2) is 4.85 Å². The summed E-state index contributed by atoms with van der Waals surface area (Å²) in [7, 11) is 0. The maximum absolute atomic E-state index is 6.67. The fourth-order valence-corrected chi connectivity index (χ4v) is 0.739. The van der Waals surface area contributed by atoms with Crippen LogP contribution in [0.1, 0.15) is 6.92 Å². The van der Waals surface area contributed by atoms with Crippen molar-refractivity contribution in [1.82, 2.24) is 0 Å². The van der Waals surface area contributed by atoms with Gasteiger partial charge in [-0.3, -0.25) is 4.99 Å². The lowest BCUT2D eigenvalue weighted by Gasteiger charge is -1.88. The average molecular weight is 121 g/mol. The maximum Gasteiger partial charge on any atom is 0.227 e. The van der Waals surface area contributed by atoms with Crippen LogP contribution < -0.4 is 5.73 Å². The van der Waals surface area contributed by atoms with Crippen molar-refractivity contribution >= 4 is 5.71 Å². The molecular weight excluding hydrogens is 114 g/mol. The maximum atomic E-state index is 6.67. The molecule has 0 fully saturated rings. The molecule has 0 spiro atoms. The van der Waals surface area contributed by atoms with Gasteiger partial charge in [0.15, 0.2) is 0 Å². The molecule has 0 saturated carbocycles. The summed E-state index contributed by atoms with van der Waals surface area (Å²) < 4.78 is 0. The molecular formula is C6H7N3. The van der Waals surface area contributed by atoms with Crippen LogP contribution in [0.3, 0.4) is 0 Å². The van der Waals surface area contributed by atoms with Crippen LogP contribution in [0.4, 0.5) is 0 Å². The molecule has 3 nitrogen and oxygen atoms in total. The van der Waals surface area contributed by atoms with Crippen LogP contribution in [0.15, 0.2) is 16.4 Å². The highest BCUT2D eigenvalue weighted by Gasteiger charge is 2.12. The van der Waals surface area contributed by atoms with Gasteiger partial charge in [0.1, 0.15) is 0 Å². The van der Waals surface area contributed by atoms with Crippen LogP contribution in [-0.2, 0) is 0 Å². The summed E-state index contributed by atoms with van der Waals surface area (Å²) in [5.74, 6) is 0. The van der Waals surface area contributed by atoms with Crippen LogP contribution in [0.2, 0.25) is 0 Å². The Bertz CT molecular complexity index is 229. The van der Waals surface area contributed by atoms with Crippen LogP contribution in [0, 0.1) is 6.57 Å². The van der Waals surface area contributed by atoms with Crippen LogP contribution in [0.25, 0.3) is 4.85 Å². The SMILES string of the molecule is [C-]#[N+]C1=C(N)CN=C1C. The van der Waals surface area contributed by atoms with Gasteiger partial charge in [-0.2, -0.15) is 0 Å². The van der Waals surface area contributed by atoms with E-state index in [0.29, 0.717) is 17.9 Å².